The lowest BCUT2D eigenvalue weighted by atomic mass is 10.2. The first-order chi connectivity index (χ1) is 14.7. The van der Waals surface area contributed by atoms with Crippen LogP contribution in [-0.4, -0.2) is 34.2 Å². The third-order valence-corrected chi connectivity index (χ3v) is 6.63. The van der Waals surface area contributed by atoms with Crippen LogP contribution in [0.3, 0.4) is 0 Å². The van der Waals surface area contributed by atoms with Crippen LogP contribution < -0.4 is 9.47 Å². The smallest absolute Gasteiger partial charge is 0.196 e. The number of aromatic nitrogens is 3. The van der Waals surface area contributed by atoms with Crippen LogP contribution in [0.25, 0.3) is 16.4 Å². The average molecular weight is 502 g/mol. The summed E-state index contributed by atoms with van der Waals surface area (Å²) in [6.45, 7) is 2.63. The number of hydrogen-bond donors (Lipinski definition) is 0. The quantitative estimate of drug-likeness (QED) is 0.211. The average Bonchev–Trinajstić information content (AvgIpc) is 3.42. The van der Waals surface area contributed by atoms with Crippen LogP contribution >= 0.6 is 39.0 Å². The Morgan fingerprint density at radius 1 is 1.10 bits per heavy atom. The van der Waals surface area contributed by atoms with Gasteiger partial charge in [-0.15, -0.1) is 21.5 Å². The van der Waals surface area contributed by atoms with Gasteiger partial charge in [0.15, 0.2) is 11.0 Å². The van der Waals surface area contributed by atoms with E-state index in [4.69, 9.17) is 9.47 Å². The number of nitrogens with zero attached hydrogens (tertiary/aromatic N) is 3. The van der Waals surface area contributed by atoms with Crippen molar-refractivity contribution < 1.29 is 9.47 Å². The number of methoxy groups -OCH3 is 1. The second kappa shape index (κ2) is 9.68. The SMILES string of the molecule is COc1ccc(C)cc1-n1c(SCCOc2ccc(Br)cc2)nnc1-c1cccs1. The van der Waals surface area contributed by atoms with Crippen molar-refractivity contribution in [3.63, 3.8) is 0 Å². The fraction of sp³-hybridized carbons (Fsp3) is 0.182. The summed E-state index contributed by atoms with van der Waals surface area (Å²) in [7, 11) is 1.68. The number of benzene rings is 2. The minimum atomic E-state index is 0.568. The molecule has 0 spiro atoms. The summed E-state index contributed by atoms with van der Waals surface area (Å²) >= 11 is 6.69. The van der Waals surface area contributed by atoms with Crippen molar-refractivity contribution in [3.05, 3.63) is 70.0 Å². The Labute approximate surface area is 192 Å². The Morgan fingerprint density at radius 3 is 2.67 bits per heavy atom. The van der Waals surface area contributed by atoms with Gasteiger partial charge in [0, 0.05) is 10.2 Å². The molecule has 2 aromatic carbocycles. The molecule has 0 unspecified atom stereocenters. The molecular formula is C22H20BrN3O2S2. The van der Waals surface area contributed by atoms with Crippen LogP contribution in [0, 0.1) is 6.92 Å². The molecule has 0 atom stereocenters. The van der Waals surface area contributed by atoms with E-state index in [-0.39, 0.29) is 0 Å². The van der Waals surface area contributed by atoms with Crippen molar-refractivity contribution in [2.75, 3.05) is 19.5 Å². The molecule has 0 N–H and O–H groups in total. The zero-order valence-electron chi connectivity index (χ0n) is 16.5. The summed E-state index contributed by atoms with van der Waals surface area (Å²) in [5.41, 5.74) is 2.08. The van der Waals surface area contributed by atoms with Crippen molar-refractivity contribution in [2.45, 2.75) is 12.1 Å². The highest BCUT2D eigenvalue weighted by Gasteiger charge is 2.19. The maximum Gasteiger partial charge on any atom is 0.196 e. The molecule has 0 aliphatic rings. The van der Waals surface area contributed by atoms with Crippen molar-refractivity contribution in [1.29, 1.82) is 0 Å². The van der Waals surface area contributed by atoms with Crippen LogP contribution in [0.5, 0.6) is 11.5 Å². The zero-order valence-corrected chi connectivity index (χ0v) is 19.8. The summed E-state index contributed by atoms with van der Waals surface area (Å²) in [5.74, 6) is 3.18. The normalized spacial score (nSPS) is 10.9. The molecule has 0 bridgehead atoms. The maximum absolute atomic E-state index is 5.85. The van der Waals surface area contributed by atoms with E-state index in [9.17, 15) is 0 Å². The Hall–Kier alpha value is -2.29. The zero-order chi connectivity index (χ0) is 20.9. The van der Waals surface area contributed by atoms with Gasteiger partial charge in [-0.2, -0.15) is 0 Å². The molecule has 0 saturated carbocycles. The number of thioether (sulfide) groups is 1. The van der Waals surface area contributed by atoms with Crippen molar-refractivity contribution >= 4 is 39.0 Å². The number of halogens is 1. The molecule has 2 heterocycles. The molecule has 4 rings (SSSR count). The van der Waals surface area contributed by atoms with Crippen LogP contribution in [0.4, 0.5) is 0 Å². The van der Waals surface area contributed by atoms with Gasteiger partial charge in [-0.25, -0.2) is 0 Å². The van der Waals surface area contributed by atoms with Crippen molar-refractivity contribution in [3.8, 4) is 27.9 Å². The fourth-order valence-electron chi connectivity index (χ4n) is 2.94. The van der Waals surface area contributed by atoms with Crippen LogP contribution in [0.1, 0.15) is 5.56 Å². The van der Waals surface area contributed by atoms with Gasteiger partial charge in [-0.3, -0.25) is 4.57 Å². The van der Waals surface area contributed by atoms with Crippen LogP contribution in [0.15, 0.2) is 69.6 Å². The number of ether oxygens (including phenoxy) is 2. The highest BCUT2D eigenvalue weighted by atomic mass is 79.9. The molecule has 2 aromatic heterocycles. The lowest BCUT2D eigenvalue weighted by molar-refractivity contribution is 0.344. The van der Waals surface area contributed by atoms with Gasteiger partial charge in [-0.1, -0.05) is 39.8 Å². The highest BCUT2D eigenvalue weighted by molar-refractivity contribution is 9.10. The molecule has 154 valence electrons. The molecule has 0 radical (unpaired) electrons. The first-order valence-corrected chi connectivity index (χ1v) is 12.0. The first-order valence-electron chi connectivity index (χ1n) is 9.31. The molecule has 5 nitrogen and oxygen atoms in total. The maximum atomic E-state index is 5.85. The minimum Gasteiger partial charge on any atom is -0.495 e. The van der Waals surface area contributed by atoms with E-state index in [1.165, 1.54) is 0 Å². The molecule has 0 fully saturated rings. The summed E-state index contributed by atoms with van der Waals surface area (Å²) in [6, 6.07) is 18.0. The third-order valence-electron chi connectivity index (χ3n) is 4.35. The van der Waals surface area contributed by atoms with Gasteiger partial charge in [0.1, 0.15) is 11.5 Å². The summed E-state index contributed by atoms with van der Waals surface area (Å²) < 4.78 is 14.6. The van der Waals surface area contributed by atoms with E-state index in [1.807, 2.05) is 47.8 Å². The molecule has 0 saturated heterocycles. The number of rotatable bonds is 8. The van der Waals surface area contributed by atoms with Gasteiger partial charge in [0.25, 0.3) is 0 Å². The lowest BCUT2D eigenvalue weighted by Crippen LogP contribution is -2.05. The number of thiophene rings is 1. The summed E-state index contributed by atoms with van der Waals surface area (Å²) in [5, 5.41) is 11.8. The number of hydrogen-bond acceptors (Lipinski definition) is 6. The lowest BCUT2D eigenvalue weighted by Gasteiger charge is -2.14. The van der Waals surface area contributed by atoms with Gasteiger partial charge in [0.2, 0.25) is 0 Å². The standard InChI is InChI=1S/C22H20BrN3O2S2/c1-15-5-10-19(27-2)18(14-15)26-21(20-4-3-12-29-20)24-25-22(26)30-13-11-28-17-8-6-16(23)7-9-17/h3-10,12,14H,11,13H2,1-2H3. The third kappa shape index (κ3) is 4.71. The Bertz CT molecular complexity index is 1110. The van der Waals surface area contributed by atoms with E-state index in [0.29, 0.717) is 6.61 Å². The Morgan fingerprint density at radius 2 is 1.93 bits per heavy atom. The van der Waals surface area contributed by atoms with Gasteiger partial charge >= 0.3 is 0 Å². The molecule has 30 heavy (non-hydrogen) atoms. The predicted molar refractivity (Wildman–Crippen MR) is 126 cm³/mol. The van der Waals surface area contributed by atoms with E-state index in [0.717, 1.165) is 48.8 Å². The summed E-state index contributed by atoms with van der Waals surface area (Å²) in [6.07, 6.45) is 0. The van der Waals surface area contributed by atoms with Crippen molar-refractivity contribution in [2.24, 2.45) is 0 Å². The second-order valence-corrected chi connectivity index (χ2v) is 9.37. The molecule has 0 amide bonds. The van der Waals surface area contributed by atoms with Crippen LogP contribution in [0.2, 0.25) is 0 Å². The molecule has 8 heteroatoms. The van der Waals surface area contributed by atoms with Crippen LogP contribution in [-0.2, 0) is 0 Å². The topological polar surface area (TPSA) is 49.2 Å². The Balaban J connectivity index is 1.59. The van der Waals surface area contributed by atoms with E-state index in [2.05, 4.69) is 49.8 Å². The van der Waals surface area contributed by atoms with E-state index in [1.54, 1.807) is 30.2 Å². The molecule has 0 aliphatic heterocycles. The second-order valence-electron chi connectivity index (χ2n) is 6.45. The minimum absolute atomic E-state index is 0.568. The molecule has 4 aromatic rings. The fourth-order valence-corrected chi connectivity index (χ4v) is 4.67. The molecule has 0 aliphatic carbocycles. The Kier molecular flexibility index (Phi) is 6.76. The monoisotopic (exact) mass is 501 g/mol. The van der Waals surface area contributed by atoms with Gasteiger partial charge in [0.05, 0.1) is 24.3 Å². The molecular weight excluding hydrogens is 482 g/mol. The largest absolute Gasteiger partial charge is 0.495 e. The summed E-state index contributed by atoms with van der Waals surface area (Å²) in [4.78, 5) is 1.06. The van der Waals surface area contributed by atoms with Gasteiger partial charge in [-0.05, 0) is 60.3 Å². The van der Waals surface area contributed by atoms with Crippen molar-refractivity contribution in [1.82, 2.24) is 14.8 Å². The predicted octanol–water partition coefficient (Wildman–Crippen LogP) is 6.25. The first kappa shape index (κ1) is 21.0. The number of aryl methyl sites for hydroxylation is 1. The van der Waals surface area contributed by atoms with Gasteiger partial charge < -0.3 is 9.47 Å². The highest BCUT2D eigenvalue weighted by Crippen LogP contribution is 2.34. The van der Waals surface area contributed by atoms with E-state index < -0.39 is 0 Å². The van der Waals surface area contributed by atoms with E-state index >= 15 is 0 Å².